The Morgan fingerprint density at radius 1 is 0.844 bits per heavy atom. The van der Waals surface area contributed by atoms with E-state index in [2.05, 4.69) is 29.8 Å². The molecule has 45 heavy (non-hydrogen) atoms. The number of primary amides is 1. The van der Waals surface area contributed by atoms with Crippen molar-refractivity contribution in [2.75, 3.05) is 6.54 Å². The van der Waals surface area contributed by atoms with Crippen LogP contribution >= 0.6 is 0 Å². The quantitative estimate of drug-likeness (QED) is 0.275. The number of piperidine rings is 1. The van der Waals surface area contributed by atoms with Gasteiger partial charge >= 0.3 is 6.03 Å². The summed E-state index contributed by atoms with van der Waals surface area (Å²) in [5.41, 5.74) is 5.11. The van der Waals surface area contributed by atoms with Crippen molar-refractivity contribution < 1.29 is 24.0 Å². The van der Waals surface area contributed by atoms with Crippen molar-refractivity contribution in [3.63, 3.8) is 0 Å². The largest absolute Gasteiger partial charge is 0.363 e. The molecule has 4 bridgehead atoms. The number of nitrogens with two attached hydrogens (primary N) is 1. The second kappa shape index (κ2) is 11.5. The van der Waals surface area contributed by atoms with E-state index in [1.807, 2.05) is 0 Å². The van der Waals surface area contributed by atoms with Gasteiger partial charge in [-0.25, -0.2) is 4.79 Å². The van der Waals surface area contributed by atoms with E-state index in [-0.39, 0.29) is 52.5 Å². The molecule has 1 saturated heterocycles. The summed E-state index contributed by atoms with van der Waals surface area (Å²) in [6.07, 6.45) is 15.3. The summed E-state index contributed by atoms with van der Waals surface area (Å²) in [5, 5.41) is 9.46. The van der Waals surface area contributed by atoms with Crippen molar-refractivity contribution in [3.05, 3.63) is 0 Å². The monoisotopic (exact) mass is 623 g/mol. The van der Waals surface area contributed by atoms with Crippen LogP contribution in [0.5, 0.6) is 0 Å². The number of likely N-dealkylation sites (tertiary alicyclic amines) is 1. The van der Waals surface area contributed by atoms with Crippen LogP contribution in [0.4, 0.5) is 4.79 Å². The molecule has 8 aliphatic rings. The number of carbonyl (C=O) groups excluding carboxylic acids is 5. The Hall–Kier alpha value is -2.65. The number of Topliss-reactive ketones (excluding diaryl/α,β-unsaturated/α-hetero) is 1. The molecule has 5 atom stereocenters. The van der Waals surface area contributed by atoms with E-state index in [1.165, 1.54) is 19.3 Å². The van der Waals surface area contributed by atoms with Gasteiger partial charge in [0.1, 0.15) is 12.1 Å². The predicted octanol–water partition coefficient (Wildman–Crippen LogP) is 3.42. The summed E-state index contributed by atoms with van der Waals surface area (Å²) in [6.45, 7) is 4.70. The molecular formula is C35H53N5O5. The SMILES string of the molecule is CC1(C)[C@@H]2[C@@H](C(=O)NC(CC3CCC3)C(=O)C(N)=O)N(C(=O)[C@@H](NC(=O)NC34CC5CC(CC(C5)C3)C4)C3CCCCC3)C[C@@H]21. The van der Waals surface area contributed by atoms with Crippen LogP contribution in [0.2, 0.25) is 0 Å². The van der Waals surface area contributed by atoms with E-state index in [9.17, 15) is 24.0 Å². The molecule has 0 spiro atoms. The van der Waals surface area contributed by atoms with Gasteiger partial charge in [0.05, 0.1) is 6.04 Å². The normalized spacial score (nSPS) is 37.6. The van der Waals surface area contributed by atoms with E-state index in [1.54, 1.807) is 4.90 Å². The van der Waals surface area contributed by atoms with Crippen molar-refractivity contribution in [1.29, 1.82) is 0 Å². The van der Waals surface area contributed by atoms with Gasteiger partial charge in [0.2, 0.25) is 17.6 Å². The molecule has 1 aliphatic heterocycles. The minimum atomic E-state index is -1.05. The zero-order valence-corrected chi connectivity index (χ0v) is 27.2. The highest BCUT2D eigenvalue weighted by Gasteiger charge is 2.70. The third-order valence-corrected chi connectivity index (χ3v) is 13.5. The fourth-order valence-electron chi connectivity index (χ4n) is 11.2. The van der Waals surface area contributed by atoms with Crippen LogP contribution in [0.15, 0.2) is 0 Å². The summed E-state index contributed by atoms with van der Waals surface area (Å²) < 4.78 is 0. The van der Waals surface area contributed by atoms with Gasteiger partial charge in [-0.15, -0.1) is 0 Å². The molecule has 7 aliphatic carbocycles. The molecule has 10 heteroatoms. The van der Waals surface area contributed by atoms with E-state index in [0.29, 0.717) is 30.7 Å². The van der Waals surface area contributed by atoms with Crippen molar-refractivity contribution in [1.82, 2.24) is 20.9 Å². The van der Waals surface area contributed by atoms with Crippen molar-refractivity contribution >= 4 is 29.5 Å². The average Bonchev–Trinajstić information content (AvgIpc) is 3.27. The van der Waals surface area contributed by atoms with Gasteiger partial charge in [-0.3, -0.25) is 19.2 Å². The number of nitrogens with one attached hydrogen (secondary N) is 3. The molecule has 1 unspecified atom stereocenters. The van der Waals surface area contributed by atoms with Crippen LogP contribution in [-0.4, -0.2) is 64.6 Å². The average molecular weight is 624 g/mol. The Kier molecular flexibility index (Phi) is 7.95. The third-order valence-electron chi connectivity index (χ3n) is 13.5. The highest BCUT2D eigenvalue weighted by atomic mass is 16.2. The Morgan fingerprint density at radius 2 is 1.47 bits per heavy atom. The number of rotatable bonds is 10. The standard InChI is InChI=1S/C35H53N5O5/c1-34(2)24-18-40(28(26(24)34)31(43)37-25(29(41)30(36)42)14-19-7-6-8-19)32(44)27(23-9-4-3-5-10-23)38-33(45)39-35-15-20-11-21(16-35)13-22(12-20)17-35/h19-28H,3-18H2,1-2H3,(H2,36,42)(H,37,43)(H2,38,39,45)/t20?,21?,22?,24-,25?,26-,27-,28-,35?/m0/s1. The maximum absolute atomic E-state index is 14.6. The van der Waals surface area contributed by atoms with Crippen LogP contribution in [0.25, 0.3) is 0 Å². The fourth-order valence-corrected chi connectivity index (χ4v) is 11.2. The zero-order chi connectivity index (χ0) is 31.7. The molecule has 8 rings (SSSR count). The number of nitrogens with zero attached hydrogens (tertiary/aromatic N) is 1. The first-order chi connectivity index (χ1) is 21.4. The molecule has 8 fully saturated rings. The van der Waals surface area contributed by atoms with E-state index >= 15 is 0 Å². The zero-order valence-electron chi connectivity index (χ0n) is 27.2. The number of hydrogen-bond acceptors (Lipinski definition) is 5. The first-order valence-corrected chi connectivity index (χ1v) is 18.0. The number of urea groups is 1. The van der Waals surface area contributed by atoms with Gasteiger partial charge < -0.3 is 26.6 Å². The maximum atomic E-state index is 14.6. The van der Waals surface area contributed by atoms with Gasteiger partial charge in [0, 0.05) is 12.1 Å². The summed E-state index contributed by atoms with van der Waals surface area (Å²) in [4.78, 5) is 68.7. The van der Waals surface area contributed by atoms with E-state index < -0.39 is 29.8 Å². The molecule has 10 nitrogen and oxygen atoms in total. The lowest BCUT2D eigenvalue weighted by Crippen LogP contribution is -2.64. The van der Waals surface area contributed by atoms with Gasteiger partial charge in [0.15, 0.2) is 0 Å². The number of fused-ring (bicyclic) bond motifs is 1. The fraction of sp³-hybridized carbons (Fsp3) is 0.857. The lowest BCUT2D eigenvalue weighted by Gasteiger charge is -2.56. The van der Waals surface area contributed by atoms with Crippen LogP contribution in [-0.2, 0) is 19.2 Å². The van der Waals surface area contributed by atoms with E-state index in [4.69, 9.17) is 5.73 Å². The van der Waals surface area contributed by atoms with Gasteiger partial charge in [-0.2, -0.15) is 0 Å². The number of carbonyl (C=O) groups is 5. The molecule has 7 saturated carbocycles. The van der Waals surface area contributed by atoms with E-state index in [0.717, 1.165) is 70.6 Å². The van der Waals surface area contributed by atoms with Crippen LogP contribution in [0.1, 0.15) is 110 Å². The summed E-state index contributed by atoms with van der Waals surface area (Å²) in [5.74, 6) is 0.105. The predicted molar refractivity (Wildman–Crippen MR) is 167 cm³/mol. The Morgan fingerprint density at radius 3 is 2.02 bits per heavy atom. The minimum absolute atomic E-state index is 0.0183. The molecule has 248 valence electrons. The van der Waals surface area contributed by atoms with Gasteiger partial charge in [-0.05, 0) is 105 Å². The summed E-state index contributed by atoms with van der Waals surface area (Å²) in [6, 6.07) is -2.68. The van der Waals surface area contributed by atoms with Gasteiger partial charge in [-0.1, -0.05) is 52.4 Å². The van der Waals surface area contributed by atoms with Crippen molar-refractivity contribution in [2.24, 2.45) is 52.6 Å². The van der Waals surface area contributed by atoms with Crippen LogP contribution in [0, 0.1) is 46.8 Å². The van der Waals surface area contributed by atoms with Crippen LogP contribution < -0.4 is 21.7 Å². The third kappa shape index (κ3) is 5.77. The molecule has 0 aromatic heterocycles. The molecular weight excluding hydrogens is 570 g/mol. The second-order valence-electron chi connectivity index (χ2n) is 16.9. The molecule has 0 aromatic carbocycles. The van der Waals surface area contributed by atoms with Crippen LogP contribution in [0.3, 0.4) is 0 Å². The molecule has 0 aromatic rings. The summed E-state index contributed by atoms with van der Waals surface area (Å²) >= 11 is 0. The molecule has 5 amide bonds. The molecule has 1 heterocycles. The molecule has 5 N–H and O–H groups in total. The smallest absolute Gasteiger partial charge is 0.315 e. The first kappa shape index (κ1) is 31.0. The van der Waals surface area contributed by atoms with Crippen molar-refractivity contribution in [2.45, 2.75) is 134 Å². The number of hydrogen-bond donors (Lipinski definition) is 4. The van der Waals surface area contributed by atoms with Gasteiger partial charge in [0.25, 0.3) is 5.91 Å². The summed E-state index contributed by atoms with van der Waals surface area (Å²) in [7, 11) is 0. The minimum Gasteiger partial charge on any atom is -0.363 e. The second-order valence-corrected chi connectivity index (χ2v) is 16.9. The maximum Gasteiger partial charge on any atom is 0.315 e. The Labute approximate surface area is 267 Å². The number of amides is 5. The highest BCUT2D eigenvalue weighted by molar-refractivity contribution is 6.37. The lowest BCUT2D eigenvalue weighted by atomic mass is 9.53. The lowest BCUT2D eigenvalue weighted by molar-refractivity contribution is -0.144. The topological polar surface area (TPSA) is 151 Å². The highest BCUT2D eigenvalue weighted by Crippen LogP contribution is 2.65. The number of ketones is 1. The Bertz CT molecular complexity index is 1200. The Balaban J connectivity index is 1.09. The molecule has 0 radical (unpaired) electrons. The van der Waals surface area contributed by atoms with Crippen molar-refractivity contribution in [3.8, 4) is 0 Å². The first-order valence-electron chi connectivity index (χ1n) is 18.0.